The fraction of sp³-hybridized carbons (Fsp3) is 0.279. The molecule has 0 radical (unpaired) electrons. The van der Waals surface area contributed by atoms with E-state index in [9.17, 15) is 0 Å². The molecular formula is C61H63N4OPt-3. The first kappa shape index (κ1) is 47.6. The second-order valence-corrected chi connectivity index (χ2v) is 21.1. The maximum absolute atomic E-state index is 6.74. The van der Waals surface area contributed by atoms with Crippen LogP contribution in [0.4, 0.5) is 11.4 Å². The molecule has 0 saturated carbocycles. The molecule has 9 rings (SSSR count). The summed E-state index contributed by atoms with van der Waals surface area (Å²) in [6.45, 7) is 29.5. The molecule has 1 aliphatic heterocycles. The van der Waals surface area contributed by atoms with Crippen molar-refractivity contribution in [2.75, 3.05) is 9.80 Å². The van der Waals surface area contributed by atoms with Crippen LogP contribution in [-0.4, -0.2) is 9.55 Å². The maximum atomic E-state index is 6.74. The number of hydrogen-bond donors (Lipinski definition) is 0. The molecule has 346 valence electrons. The molecule has 0 aliphatic carbocycles. The molecule has 2 aromatic heterocycles. The molecule has 0 spiro atoms. The van der Waals surface area contributed by atoms with Gasteiger partial charge in [0.05, 0.1) is 0 Å². The first-order valence-electron chi connectivity index (χ1n) is 23.5. The number of fused-ring (bicyclic) bond motifs is 3. The van der Waals surface area contributed by atoms with Crippen LogP contribution < -0.4 is 14.5 Å². The Hall–Kier alpha value is -5.90. The molecule has 8 aromatic rings. The van der Waals surface area contributed by atoms with E-state index in [1.54, 1.807) is 0 Å². The van der Waals surface area contributed by atoms with E-state index in [0.717, 1.165) is 44.7 Å². The minimum absolute atomic E-state index is 0. The van der Waals surface area contributed by atoms with Crippen LogP contribution in [0.25, 0.3) is 33.3 Å². The van der Waals surface area contributed by atoms with Gasteiger partial charge in [-0.15, -0.1) is 48.1 Å². The standard InChI is InChI=1S/C61H63N4O.Pt/c1-40(2)50-25-18-26-51(41(3)4)58(50)56-38-63(39-64(56)47-23-16-21-43(33-47)59(5,6)7)46-22-17-24-48(36-46)66-49-28-29-52-53-34-45(61(11,12)42-19-14-13-15-20-42)27-30-54(53)65(55(52)37-49)57-35-44(31-32-62-57)60(8,9)10;/h13-35,38-41H,1-12H3;/q-3;. The first-order valence-corrected chi connectivity index (χ1v) is 23.5. The molecule has 67 heavy (non-hydrogen) atoms. The quantitative estimate of drug-likeness (QED) is 0.128. The van der Waals surface area contributed by atoms with Gasteiger partial charge in [-0.3, -0.25) is 0 Å². The number of aromatic nitrogens is 2. The summed E-state index contributed by atoms with van der Waals surface area (Å²) in [4.78, 5) is 9.49. The van der Waals surface area contributed by atoms with E-state index in [-0.39, 0.29) is 37.3 Å². The zero-order valence-electron chi connectivity index (χ0n) is 41.1. The van der Waals surface area contributed by atoms with E-state index in [2.05, 4.69) is 238 Å². The third-order valence-electron chi connectivity index (χ3n) is 13.3. The molecule has 1 aliphatic rings. The molecule has 5 nitrogen and oxygen atoms in total. The van der Waals surface area contributed by atoms with Gasteiger partial charge < -0.3 is 19.1 Å². The summed E-state index contributed by atoms with van der Waals surface area (Å²) < 4.78 is 8.98. The van der Waals surface area contributed by atoms with Crippen LogP contribution in [0.2, 0.25) is 0 Å². The number of pyridine rings is 1. The molecule has 0 N–H and O–H groups in total. The minimum atomic E-state index is -0.202. The van der Waals surface area contributed by atoms with Gasteiger partial charge in [0.2, 0.25) is 0 Å². The average molecular weight is 1060 g/mol. The predicted octanol–water partition coefficient (Wildman–Crippen LogP) is 16.2. The van der Waals surface area contributed by atoms with Crippen molar-refractivity contribution >= 4 is 38.9 Å². The van der Waals surface area contributed by atoms with Gasteiger partial charge in [0.25, 0.3) is 0 Å². The molecule has 0 saturated heterocycles. The Morgan fingerprint density at radius 1 is 0.582 bits per heavy atom. The summed E-state index contributed by atoms with van der Waals surface area (Å²) in [7, 11) is 0. The summed E-state index contributed by atoms with van der Waals surface area (Å²) in [5.74, 6) is 2.74. The van der Waals surface area contributed by atoms with Gasteiger partial charge in [0, 0.05) is 66.6 Å². The van der Waals surface area contributed by atoms with E-state index < -0.39 is 0 Å². The molecule has 3 heterocycles. The monoisotopic (exact) mass is 1060 g/mol. The predicted molar refractivity (Wildman–Crippen MR) is 277 cm³/mol. The SMILES string of the molecule is CC(C)c1cccc(C(C)C)c1C1=CN(c2[c-]c(Oc3[c-]c4c(cc3)c3cc(C(C)(C)c5ccccc5)ccc3n4-c3cc(C(C)(C)C)ccn3)ccc2)[CH-]N1c1cccc(C(C)(C)C)c1.[Pt]. The van der Waals surface area contributed by atoms with Crippen LogP contribution in [0.3, 0.4) is 0 Å². The van der Waals surface area contributed by atoms with E-state index in [0.29, 0.717) is 23.3 Å². The number of nitrogens with zero attached hydrogens (tertiary/aromatic N) is 4. The van der Waals surface area contributed by atoms with Crippen molar-refractivity contribution in [2.45, 2.75) is 111 Å². The van der Waals surface area contributed by atoms with Crippen molar-refractivity contribution in [3.8, 4) is 17.3 Å². The van der Waals surface area contributed by atoms with E-state index in [1.807, 2.05) is 24.4 Å². The Kier molecular flexibility index (Phi) is 13.0. The number of anilines is 2. The Bertz CT molecular complexity index is 3080. The van der Waals surface area contributed by atoms with Crippen LogP contribution in [0, 0.1) is 18.8 Å². The summed E-state index contributed by atoms with van der Waals surface area (Å²) in [6, 6.07) is 55.3. The topological polar surface area (TPSA) is 33.5 Å². The fourth-order valence-electron chi connectivity index (χ4n) is 9.31. The smallest absolute Gasteiger partial charge is 0.135 e. The molecular weight excluding hydrogens is 1000 g/mol. The van der Waals surface area contributed by atoms with Gasteiger partial charge >= 0.3 is 0 Å². The van der Waals surface area contributed by atoms with Gasteiger partial charge in [-0.05, 0) is 98.0 Å². The summed E-state index contributed by atoms with van der Waals surface area (Å²) in [5, 5.41) is 2.24. The number of benzene rings is 6. The molecule has 6 heteroatoms. The van der Waals surface area contributed by atoms with Crippen molar-refractivity contribution in [1.82, 2.24) is 9.55 Å². The Morgan fingerprint density at radius 3 is 1.91 bits per heavy atom. The van der Waals surface area contributed by atoms with Crippen molar-refractivity contribution in [2.24, 2.45) is 0 Å². The van der Waals surface area contributed by atoms with Gasteiger partial charge in [0.15, 0.2) is 0 Å². The number of rotatable bonds is 10. The third kappa shape index (κ3) is 9.25. The summed E-state index contributed by atoms with van der Waals surface area (Å²) in [5.41, 5.74) is 13.8. The largest absolute Gasteiger partial charge is 0.509 e. The van der Waals surface area contributed by atoms with Gasteiger partial charge in [-0.2, -0.15) is 12.1 Å². The van der Waals surface area contributed by atoms with E-state index in [4.69, 9.17) is 9.72 Å². The molecule has 0 amide bonds. The van der Waals surface area contributed by atoms with Gasteiger partial charge in [-0.1, -0.05) is 161 Å². The molecule has 0 bridgehead atoms. The first-order chi connectivity index (χ1) is 31.4. The Morgan fingerprint density at radius 2 is 1.22 bits per heavy atom. The average Bonchev–Trinajstić information content (AvgIpc) is 3.88. The zero-order chi connectivity index (χ0) is 46.7. The van der Waals surface area contributed by atoms with E-state index >= 15 is 0 Å². The Balaban J connectivity index is 0.00000608. The maximum Gasteiger partial charge on any atom is 0.135 e. The molecule has 0 fully saturated rings. The van der Waals surface area contributed by atoms with Gasteiger partial charge in [-0.25, -0.2) is 4.98 Å². The summed E-state index contributed by atoms with van der Waals surface area (Å²) >= 11 is 0. The van der Waals surface area contributed by atoms with Crippen LogP contribution in [0.15, 0.2) is 146 Å². The fourth-order valence-corrected chi connectivity index (χ4v) is 9.31. The van der Waals surface area contributed by atoms with Crippen LogP contribution >= 0.6 is 0 Å². The van der Waals surface area contributed by atoms with E-state index in [1.165, 1.54) is 38.9 Å². The van der Waals surface area contributed by atoms with Crippen LogP contribution in [-0.2, 0) is 37.3 Å². The zero-order valence-corrected chi connectivity index (χ0v) is 43.4. The summed E-state index contributed by atoms with van der Waals surface area (Å²) in [6.07, 6.45) is 4.18. The molecule has 0 unspecified atom stereocenters. The molecule has 6 aromatic carbocycles. The second-order valence-electron chi connectivity index (χ2n) is 21.1. The third-order valence-corrected chi connectivity index (χ3v) is 13.3. The Labute approximate surface area is 413 Å². The minimum Gasteiger partial charge on any atom is -0.509 e. The van der Waals surface area contributed by atoms with Crippen LogP contribution in [0.1, 0.15) is 134 Å². The number of ether oxygens (including phenoxy) is 1. The van der Waals surface area contributed by atoms with Gasteiger partial charge in [0.1, 0.15) is 5.82 Å². The molecule has 0 atom stereocenters. The van der Waals surface area contributed by atoms with Crippen molar-refractivity contribution in [1.29, 1.82) is 0 Å². The second kappa shape index (κ2) is 18.3. The van der Waals surface area contributed by atoms with Crippen molar-refractivity contribution in [3.05, 3.63) is 204 Å². The van der Waals surface area contributed by atoms with Crippen molar-refractivity contribution in [3.63, 3.8) is 0 Å². The van der Waals surface area contributed by atoms with Crippen molar-refractivity contribution < 1.29 is 25.8 Å². The number of hydrogen-bond acceptors (Lipinski definition) is 4. The van der Waals surface area contributed by atoms with Crippen LogP contribution in [0.5, 0.6) is 11.5 Å². The normalized spacial score (nSPS) is 13.5.